The van der Waals surface area contributed by atoms with Gasteiger partial charge in [-0.2, -0.15) is 0 Å². The molecular formula is C16H34N2. The van der Waals surface area contributed by atoms with Crippen molar-refractivity contribution in [2.24, 2.45) is 11.8 Å². The Morgan fingerprint density at radius 2 is 1.78 bits per heavy atom. The molecule has 0 aliphatic carbocycles. The van der Waals surface area contributed by atoms with Crippen LogP contribution in [0, 0.1) is 11.8 Å². The summed E-state index contributed by atoms with van der Waals surface area (Å²) in [7, 11) is 0. The highest BCUT2D eigenvalue weighted by Crippen LogP contribution is 2.23. The first-order chi connectivity index (χ1) is 8.59. The Morgan fingerprint density at radius 1 is 1.06 bits per heavy atom. The van der Waals surface area contributed by atoms with Crippen molar-refractivity contribution in [1.82, 2.24) is 10.2 Å². The molecule has 1 aliphatic heterocycles. The van der Waals surface area contributed by atoms with Crippen molar-refractivity contribution in [2.75, 3.05) is 26.2 Å². The Kier molecular flexibility index (Phi) is 7.92. The Hall–Kier alpha value is -0.0800. The number of nitrogens with one attached hydrogen (secondary N) is 1. The van der Waals surface area contributed by atoms with Gasteiger partial charge in [-0.25, -0.2) is 0 Å². The van der Waals surface area contributed by atoms with Crippen LogP contribution in [0.2, 0.25) is 0 Å². The molecule has 2 heteroatoms. The van der Waals surface area contributed by atoms with E-state index in [4.69, 9.17) is 0 Å². The molecule has 1 unspecified atom stereocenters. The molecular weight excluding hydrogens is 220 g/mol. The topological polar surface area (TPSA) is 15.3 Å². The van der Waals surface area contributed by atoms with Crippen LogP contribution in [0.4, 0.5) is 0 Å². The van der Waals surface area contributed by atoms with Gasteiger partial charge in [0, 0.05) is 12.6 Å². The van der Waals surface area contributed by atoms with Crippen LogP contribution in [0.25, 0.3) is 0 Å². The van der Waals surface area contributed by atoms with Gasteiger partial charge in [-0.15, -0.1) is 0 Å². The molecule has 1 saturated heterocycles. The van der Waals surface area contributed by atoms with E-state index in [9.17, 15) is 0 Å². The SMILES string of the molecule is CC(C)NCCCCCCN1CCC(C(C)C)C1. The minimum atomic E-state index is 0.641. The third-order valence-corrected chi connectivity index (χ3v) is 4.21. The second-order valence-corrected chi connectivity index (χ2v) is 6.62. The van der Waals surface area contributed by atoms with Crippen molar-refractivity contribution in [3.8, 4) is 0 Å². The monoisotopic (exact) mass is 254 g/mol. The van der Waals surface area contributed by atoms with Gasteiger partial charge in [0.25, 0.3) is 0 Å². The number of nitrogens with zero attached hydrogens (tertiary/aromatic N) is 1. The first kappa shape index (κ1) is 16.0. The third kappa shape index (κ3) is 6.75. The molecule has 1 rings (SSSR count). The fourth-order valence-corrected chi connectivity index (χ4v) is 2.81. The number of unbranched alkanes of at least 4 members (excludes halogenated alkanes) is 3. The van der Waals surface area contributed by atoms with Crippen LogP contribution >= 0.6 is 0 Å². The first-order valence-electron chi connectivity index (χ1n) is 8.05. The molecule has 2 nitrogen and oxygen atoms in total. The summed E-state index contributed by atoms with van der Waals surface area (Å²) in [4.78, 5) is 2.68. The molecule has 0 saturated carbocycles. The van der Waals surface area contributed by atoms with E-state index in [1.807, 2.05) is 0 Å². The van der Waals surface area contributed by atoms with Gasteiger partial charge in [0.15, 0.2) is 0 Å². The average molecular weight is 254 g/mol. The zero-order valence-electron chi connectivity index (χ0n) is 13.0. The maximum atomic E-state index is 3.49. The molecule has 108 valence electrons. The van der Waals surface area contributed by atoms with E-state index in [0.717, 1.165) is 11.8 Å². The van der Waals surface area contributed by atoms with E-state index in [0.29, 0.717) is 6.04 Å². The summed E-state index contributed by atoms with van der Waals surface area (Å²) in [5.41, 5.74) is 0. The molecule has 18 heavy (non-hydrogen) atoms. The molecule has 1 atom stereocenters. The Labute approximate surface area is 115 Å². The van der Waals surface area contributed by atoms with E-state index in [1.165, 1.54) is 58.3 Å². The van der Waals surface area contributed by atoms with Crippen molar-refractivity contribution in [1.29, 1.82) is 0 Å². The highest BCUT2D eigenvalue weighted by molar-refractivity contribution is 4.77. The predicted octanol–water partition coefficient (Wildman–Crippen LogP) is 3.52. The lowest BCUT2D eigenvalue weighted by atomic mass is 9.95. The van der Waals surface area contributed by atoms with Crippen LogP contribution < -0.4 is 5.32 Å². The van der Waals surface area contributed by atoms with Crippen molar-refractivity contribution in [3.63, 3.8) is 0 Å². The van der Waals surface area contributed by atoms with Crippen LogP contribution in [-0.2, 0) is 0 Å². The van der Waals surface area contributed by atoms with E-state index < -0.39 is 0 Å². The van der Waals surface area contributed by atoms with E-state index in [2.05, 4.69) is 37.9 Å². The zero-order valence-corrected chi connectivity index (χ0v) is 13.0. The average Bonchev–Trinajstić information content (AvgIpc) is 2.76. The number of hydrogen-bond donors (Lipinski definition) is 1. The van der Waals surface area contributed by atoms with Gasteiger partial charge in [0.2, 0.25) is 0 Å². The Morgan fingerprint density at radius 3 is 2.39 bits per heavy atom. The summed E-state index contributed by atoms with van der Waals surface area (Å²) in [5, 5.41) is 3.49. The summed E-state index contributed by atoms with van der Waals surface area (Å²) in [6, 6.07) is 0.641. The van der Waals surface area contributed by atoms with Crippen LogP contribution in [0.1, 0.15) is 59.8 Å². The minimum Gasteiger partial charge on any atom is -0.315 e. The highest BCUT2D eigenvalue weighted by Gasteiger charge is 2.23. The Balaban J connectivity index is 1.90. The van der Waals surface area contributed by atoms with Gasteiger partial charge in [0.05, 0.1) is 0 Å². The largest absolute Gasteiger partial charge is 0.315 e. The maximum Gasteiger partial charge on any atom is 0.00126 e. The molecule has 0 bridgehead atoms. The highest BCUT2D eigenvalue weighted by atomic mass is 15.1. The second-order valence-electron chi connectivity index (χ2n) is 6.62. The molecule has 1 aliphatic rings. The fourth-order valence-electron chi connectivity index (χ4n) is 2.81. The maximum absolute atomic E-state index is 3.49. The molecule has 0 radical (unpaired) electrons. The van der Waals surface area contributed by atoms with Crippen LogP contribution in [0.3, 0.4) is 0 Å². The van der Waals surface area contributed by atoms with Crippen LogP contribution in [0.5, 0.6) is 0 Å². The number of likely N-dealkylation sites (tertiary alicyclic amines) is 1. The Bertz CT molecular complexity index is 201. The van der Waals surface area contributed by atoms with Crippen molar-refractivity contribution >= 4 is 0 Å². The summed E-state index contributed by atoms with van der Waals surface area (Å²) in [6.45, 7) is 14.4. The first-order valence-corrected chi connectivity index (χ1v) is 8.05. The normalized spacial score (nSPS) is 21.3. The predicted molar refractivity (Wildman–Crippen MR) is 81.0 cm³/mol. The molecule has 0 amide bonds. The van der Waals surface area contributed by atoms with Crippen molar-refractivity contribution < 1.29 is 0 Å². The summed E-state index contributed by atoms with van der Waals surface area (Å²) in [5.74, 6) is 1.83. The molecule has 0 aromatic carbocycles. The smallest absolute Gasteiger partial charge is 0.00126 e. The van der Waals surface area contributed by atoms with Gasteiger partial charge in [-0.1, -0.05) is 40.5 Å². The van der Waals surface area contributed by atoms with E-state index in [1.54, 1.807) is 0 Å². The lowest BCUT2D eigenvalue weighted by Crippen LogP contribution is -2.24. The van der Waals surface area contributed by atoms with Crippen LogP contribution in [-0.4, -0.2) is 37.1 Å². The van der Waals surface area contributed by atoms with Crippen molar-refractivity contribution in [2.45, 2.75) is 65.8 Å². The zero-order chi connectivity index (χ0) is 13.4. The molecule has 0 aromatic heterocycles. The molecule has 1 N–H and O–H groups in total. The minimum absolute atomic E-state index is 0.641. The third-order valence-electron chi connectivity index (χ3n) is 4.21. The lowest BCUT2D eigenvalue weighted by Gasteiger charge is -2.17. The standard InChI is InChI=1S/C16H34N2/c1-14(2)16-9-12-18(13-16)11-8-6-5-7-10-17-15(3)4/h14-17H,5-13H2,1-4H3. The van der Waals surface area contributed by atoms with Gasteiger partial charge in [-0.05, 0) is 50.7 Å². The lowest BCUT2D eigenvalue weighted by molar-refractivity contribution is 0.296. The van der Waals surface area contributed by atoms with E-state index >= 15 is 0 Å². The quantitative estimate of drug-likeness (QED) is 0.633. The van der Waals surface area contributed by atoms with Gasteiger partial charge >= 0.3 is 0 Å². The molecule has 0 aromatic rings. The number of hydrogen-bond acceptors (Lipinski definition) is 2. The summed E-state index contributed by atoms with van der Waals surface area (Å²) < 4.78 is 0. The molecule has 1 heterocycles. The summed E-state index contributed by atoms with van der Waals surface area (Å²) >= 11 is 0. The second kappa shape index (κ2) is 8.92. The molecule has 1 fully saturated rings. The summed E-state index contributed by atoms with van der Waals surface area (Å²) in [6.07, 6.45) is 6.96. The van der Waals surface area contributed by atoms with Crippen LogP contribution in [0.15, 0.2) is 0 Å². The van der Waals surface area contributed by atoms with Gasteiger partial charge < -0.3 is 10.2 Å². The fraction of sp³-hybridized carbons (Fsp3) is 1.00. The number of rotatable bonds is 9. The van der Waals surface area contributed by atoms with Gasteiger partial charge in [-0.3, -0.25) is 0 Å². The van der Waals surface area contributed by atoms with E-state index in [-0.39, 0.29) is 0 Å². The molecule has 0 spiro atoms. The van der Waals surface area contributed by atoms with Gasteiger partial charge in [0.1, 0.15) is 0 Å². The van der Waals surface area contributed by atoms with Crippen molar-refractivity contribution in [3.05, 3.63) is 0 Å².